The summed E-state index contributed by atoms with van der Waals surface area (Å²) in [5.74, 6) is 1.98. The van der Waals surface area contributed by atoms with Crippen molar-refractivity contribution in [2.24, 2.45) is 10.9 Å². The molecule has 3 aromatic rings. The predicted molar refractivity (Wildman–Crippen MR) is 128 cm³/mol. The topological polar surface area (TPSA) is 72.6 Å². The first-order valence-corrected chi connectivity index (χ1v) is 12.6. The summed E-state index contributed by atoms with van der Waals surface area (Å²) in [6.07, 6.45) is 2.27. The van der Waals surface area contributed by atoms with Crippen molar-refractivity contribution < 1.29 is 9.53 Å². The van der Waals surface area contributed by atoms with Crippen LogP contribution in [0.25, 0.3) is 5.00 Å². The molecular weight excluding hydrogens is 458 g/mol. The van der Waals surface area contributed by atoms with Gasteiger partial charge >= 0.3 is 0 Å². The molecule has 33 heavy (non-hydrogen) atoms. The Hall–Kier alpha value is -2.55. The molecule has 6 rings (SSSR count). The maximum atomic E-state index is 13.3. The lowest BCUT2D eigenvalue weighted by Gasteiger charge is -2.29. The molecule has 4 heterocycles. The zero-order valence-electron chi connectivity index (χ0n) is 18.4. The van der Waals surface area contributed by atoms with Gasteiger partial charge in [0, 0.05) is 46.5 Å². The second-order valence-corrected chi connectivity index (χ2v) is 10.1. The monoisotopic (exact) mass is 481 g/mol. The Morgan fingerprint density at radius 1 is 1.21 bits per heavy atom. The Labute approximate surface area is 201 Å². The summed E-state index contributed by atoms with van der Waals surface area (Å²) < 4.78 is 7.61. The molecule has 0 N–H and O–H groups in total. The minimum Gasteiger partial charge on any atom is -0.378 e. The lowest BCUT2D eigenvalue weighted by Crippen LogP contribution is -2.44. The first kappa shape index (κ1) is 21.0. The van der Waals surface area contributed by atoms with Gasteiger partial charge in [-0.25, -0.2) is 0 Å². The van der Waals surface area contributed by atoms with Gasteiger partial charge in [-0.2, -0.15) is 0 Å². The van der Waals surface area contributed by atoms with Gasteiger partial charge in [-0.15, -0.1) is 21.5 Å². The van der Waals surface area contributed by atoms with E-state index in [0.717, 1.165) is 52.8 Å². The van der Waals surface area contributed by atoms with Gasteiger partial charge in [-0.3, -0.25) is 14.4 Å². The molecule has 1 saturated heterocycles. The number of benzene rings is 1. The minimum atomic E-state index is -0.0311. The van der Waals surface area contributed by atoms with Crippen LogP contribution in [-0.4, -0.2) is 57.6 Å². The highest BCUT2D eigenvalue weighted by molar-refractivity contribution is 7.15. The van der Waals surface area contributed by atoms with Crippen LogP contribution in [0.4, 0.5) is 0 Å². The summed E-state index contributed by atoms with van der Waals surface area (Å²) in [4.78, 5) is 21.5. The number of carbonyl (C=O) groups excluding carboxylic acids is 1. The van der Waals surface area contributed by atoms with E-state index in [1.54, 1.807) is 11.3 Å². The van der Waals surface area contributed by atoms with Crippen LogP contribution in [0.3, 0.4) is 0 Å². The van der Waals surface area contributed by atoms with Crippen molar-refractivity contribution in [2.75, 3.05) is 26.3 Å². The van der Waals surface area contributed by atoms with Gasteiger partial charge in [0.05, 0.1) is 18.9 Å². The highest BCUT2D eigenvalue weighted by Gasteiger charge is 2.38. The van der Waals surface area contributed by atoms with Crippen molar-refractivity contribution >= 4 is 34.6 Å². The Balaban J connectivity index is 1.46. The molecule has 0 saturated carbocycles. The van der Waals surface area contributed by atoms with E-state index >= 15 is 0 Å². The highest BCUT2D eigenvalue weighted by atomic mass is 35.5. The molecule has 7 nitrogen and oxygen atoms in total. The molecule has 1 aromatic carbocycles. The van der Waals surface area contributed by atoms with Crippen LogP contribution in [0, 0.1) is 5.92 Å². The van der Waals surface area contributed by atoms with E-state index < -0.39 is 0 Å². The summed E-state index contributed by atoms with van der Waals surface area (Å²) in [5.41, 5.74) is 4.12. The molecule has 1 aliphatic carbocycles. The van der Waals surface area contributed by atoms with E-state index in [4.69, 9.17) is 21.3 Å². The number of aryl methyl sites for hydroxylation is 1. The van der Waals surface area contributed by atoms with E-state index in [0.29, 0.717) is 37.9 Å². The molecule has 9 heteroatoms. The summed E-state index contributed by atoms with van der Waals surface area (Å²) in [5, 5.41) is 10.6. The van der Waals surface area contributed by atoms with Crippen LogP contribution in [-0.2, 0) is 35.3 Å². The van der Waals surface area contributed by atoms with Crippen molar-refractivity contribution in [2.45, 2.75) is 32.7 Å². The molecule has 1 unspecified atom stereocenters. The molecule has 2 aliphatic heterocycles. The van der Waals surface area contributed by atoms with Gasteiger partial charge in [0.2, 0.25) is 5.91 Å². The fraction of sp³-hybridized carbons (Fsp3) is 0.417. The van der Waals surface area contributed by atoms with E-state index in [2.05, 4.69) is 21.7 Å². The van der Waals surface area contributed by atoms with Gasteiger partial charge in [0.25, 0.3) is 0 Å². The predicted octanol–water partition coefficient (Wildman–Crippen LogP) is 3.47. The Bertz CT molecular complexity index is 1270. The molecule has 0 radical (unpaired) electrons. The van der Waals surface area contributed by atoms with Crippen molar-refractivity contribution in [3.63, 3.8) is 0 Å². The smallest absolute Gasteiger partial charge is 0.226 e. The third-order valence-corrected chi connectivity index (χ3v) is 8.26. The van der Waals surface area contributed by atoms with E-state index in [1.807, 2.05) is 29.2 Å². The zero-order chi connectivity index (χ0) is 22.5. The minimum absolute atomic E-state index is 0.0311. The Morgan fingerprint density at radius 3 is 2.82 bits per heavy atom. The molecule has 1 fully saturated rings. The van der Waals surface area contributed by atoms with Gasteiger partial charge < -0.3 is 9.64 Å². The van der Waals surface area contributed by atoms with Crippen LogP contribution in [0.1, 0.15) is 40.1 Å². The van der Waals surface area contributed by atoms with Gasteiger partial charge in [0.1, 0.15) is 17.4 Å². The number of hydrogen-bond acceptors (Lipinski definition) is 6. The number of ether oxygens (including phenoxy) is 1. The third-order valence-electron chi connectivity index (χ3n) is 6.69. The summed E-state index contributed by atoms with van der Waals surface area (Å²) in [6, 6.07) is 7.85. The molecule has 170 valence electrons. The number of nitrogens with zero attached hydrogens (tertiary/aromatic N) is 5. The standard InChI is InChI=1S/C24H24ClN5O2S/c1-2-19-27-28-20-13-26-22(15-5-3-4-6-17(15)25)21-16-11-14(12-18(16)33-24(21)30(19)20)23(31)29-7-9-32-10-8-29/h3-6,14H,2,7-13H2,1H3. The van der Waals surface area contributed by atoms with Gasteiger partial charge in [0.15, 0.2) is 5.82 Å². The summed E-state index contributed by atoms with van der Waals surface area (Å²) in [7, 11) is 0. The molecule has 0 bridgehead atoms. The molecular formula is C24H24ClN5O2S. The quantitative estimate of drug-likeness (QED) is 0.574. The largest absolute Gasteiger partial charge is 0.378 e. The van der Waals surface area contributed by atoms with Crippen LogP contribution in [0.2, 0.25) is 5.02 Å². The number of thiophene rings is 1. The van der Waals surface area contributed by atoms with E-state index in [-0.39, 0.29) is 11.8 Å². The number of morpholine rings is 1. The van der Waals surface area contributed by atoms with Crippen molar-refractivity contribution in [1.29, 1.82) is 0 Å². The van der Waals surface area contributed by atoms with Crippen molar-refractivity contribution in [3.8, 4) is 5.00 Å². The second-order valence-electron chi connectivity index (χ2n) is 8.59. The fourth-order valence-corrected chi connectivity index (χ4v) is 6.74. The summed E-state index contributed by atoms with van der Waals surface area (Å²) >= 11 is 8.39. The maximum absolute atomic E-state index is 13.3. The highest BCUT2D eigenvalue weighted by Crippen LogP contribution is 2.44. The molecule has 3 aliphatic rings. The van der Waals surface area contributed by atoms with Crippen molar-refractivity contribution in [1.82, 2.24) is 19.7 Å². The number of amides is 1. The first-order valence-electron chi connectivity index (χ1n) is 11.4. The van der Waals surface area contributed by atoms with Crippen LogP contribution in [0.5, 0.6) is 0 Å². The van der Waals surface area contributed by atoms with Crippen LogP contribution in [0.15, 0.2) is 29.3 Å². The Morgan fingerprint density at radius 2 is 2.03 bits per heavy atom. The molecule has 1 atom stereocenters. The fourth-order valence-electron chi connectivity index (χ4n) is 5.06. The third kappa shape index (κ3) is 3.43. The summed E-state index contributed by atoms with van der Waals surface area (Å²) in [6.45, 7) is 5.13. The first-order chi connectivity index (χ1) is 16.2. The molecule has 2 aromatic heterocycles. The average molecular weight is 482 g/mol. The molecule has 0 spiro atoms. The lowest BCUT2D eigenvalue weighted by molar-refractivity contribution is -0.139. The van der Waals surface area contributed by atoms with E-state index in [9.17, 15) is 4.79 Å². The maximum Gasteiger partial charge on any atom is 0.226 e. The number of aromatic nitrogens is 3. The lowest BCUT2D eigenvalue weighted by atomic mass is 9.97. The van der Waals surface area contributed by atoms with E-state index in [1.165, 1.54) is 10.4 Å². The Kier molecular flexibility index (Phi) is 5.31. The second kappa shape index (κ2) is 8.34. The number of aliphatic imine (C=N–C) groups is 1. The van der Waals surface area contributed by atoms with Crippen LogP contribution < -0.4 is 0 Å². The number of hydrogen-bond donors (Lipinski definition) is 0. The van der Waals surface area contributed by atoms with Gasteiger partial charge in [-0.1, -0.05) is 36.7 Å². The SMILES string of the molecule is CCc1nnc2n1-c1sc3c(c1C(c1ccccc1Cl)=NC2)CC(C(=O)N1CCOCC1)C3. The normalized spacial score (nSPS) is 19.5. The van der Waals surface area contributed by atoms with Crippen molar-refractivity contribution in [3.05, 3.63) is 62.5 Å². The molecule has 1 amide bonds. The number of halogens is 1. The number of fused-ring (bicyclic) bond motifs is 5. The number of rotatable bonds is 3. The zero-order valence-corrected chi connectivity index (χ0v) is 20.0. The number of carbonyl (C=O) groups is 1. The average Bonchev–Trinajstić information content (AvgIpc) is 3.50. The van der Waals surface area contributed by atoms with Crippen LogP contribution >= 0.6 is 22.9 Å². The van der Waals surface area contributed by atoms with Gasteiger partial charge in [-0.05, 0) is 24.5 Å².